The summed E-state index contributed by atoms with van der Waals surface area (Å²) in [6.07, 6.45) is 4.33. The number of benzene rings is 1. The van der Waals surface area contributed by atoms with Crippen LogP contribution in [-0.4, -0.2) is 19.3 Å². The lowest BCUT2D eigenvalue weighted by atomic mass is 10.1. The van der Waals surface area contributed by atoms with Crippen LogP contribution in [-0.2, 0) is 11.3 Å². The molecule has 0 amide bonds. The molecule has 92 valence electrons. The largest absolute Gasteiger partial charge is 0.295 e. The molecule has 1 fully saturated rings. The summed E-state index contributed by atoms with van der Waals surface area (Å²) in [5, 5.41) is 5.27. The van der Waals surface area contributed by atoms with Crippen molar-refractivity contribution in [3.63, 3.8) is 0 Å². The van der Waals surface area contributed by atoms with Crippen LogP contribution < -0.4 is 10.4 Å². The van der Waals surface area contributed by atoms with Gasteiger partial charge in [0.05, 0.1) is 12.3 Å². The zero-order chi connectivity index (χ0) is 11.7. The Morgan fingerprint density at radius 1 is 1.35 bits per heavy atom. The molecule has 2 aliphatic heterocycles. The number of halogens is 1. The van der Waals surface area contributed by atoms with Gasteiger partial charge in [-0.1, -0.05) is 6.07 Å². The van der Waals surface area contributed by atoms with Gasteiger partial charge in [0.25, 0.3) is 0 Å². The van der Waals surface area contributed by atoms with Crippen LogP contribution in [0.25, 0.3) is 0 Å². The van der Waals surface area contributed by atoms with Gasteiger partial charge in [-0.25, -0.2) is 9.45 Å². The van der Waals surface area contributed by atoms with Crippen LogP contribution in [0.1, 0.15) is 24.8 Å². The molecule has 2 aliphatic rings. The highest BCUT2D eigenvalue weighted by molar-refractivity contribution is 5.53. The maximum absolute atomic E-state index is 13.4. The normalized spacial score (nSPS) is 24.5. The topological polar surface area (TPSA) is 24.5 Å². The van der Waals surface area contributed by atoms with Crippen LogP contribution in [0.15, 0.2) is 18.2 Å². The molecule has 3 nitrogen and oxygen atoms in total. The van der Waals surface area contributed by atoms with Gasteiger partial charge < -0.3 is 0 Å². The zero-order valence-electron chi connectivity index (χ0n) is 9.79. The minimum atomic E-state index is -0.197. The molecule has 1 saturated heterocycles. The highest BCUT2D eigenvalue weighted by atomic mass is 19.1. The molecule has 3 rings (SSSR count). The zero-order valence-corrected chi connectivity index (χ0v) is 9.79. The fourth-order valence-corrected chi connectivity index (χ4v) is 2.57. The standard InChI is InChI=1S/C13H17FN2O/c14-11-6-5-10-3-2-8-17-16(12(10)9-11)13-4-1-7-15-13/h5-6,9,13,15H,1-4,7-8H2/t13-/m0/s1. The first-order valence-corrected chi connectivity index (χ1v) is 6.28. The third kappa shape index (κ3) is 2.15. The van der Waals surface area contributed by atoms with Crippen LogP contribution in [0, 0.1) is 5.82 Å². The molecule has 17 heavy (non-hydrogen) atoms. The van der Waals surface area contributed by atoms with Gasteiger partial charge in [-0.3, -0.25) is 10.2 Å². The van der Waals surface area contributed by atoms with Crippen molar-refractivity contribution in [2.24, 2.45) is 0 Å². The summed E-state index contributed by atoms with van der Waals surface area (Å²) >= 11 is 0. The average molecular weight is 236 g/mol. The van der Waals surface area contributed by atoms with Gasteiger partial charge in [-0.05, 0) is 49.9 Å². The van der Waals surface area contributed by atoms with Crippen LogP contribution in [0.4, 0.5) is 10.1 Å². The van der Waals surface area contributed by atoms with E-state index in [9.17, 15) is 4.39 Å². The molecule has 4 heteroatoms. The molecule has 0 spiro atoms. The quantitative estimate of drug-likeness (QED) is 0.809. The molecular weight excluding hydrogens is 219 g/mol. The summed E-state index contributed by atoms with van der Waals surface area (Å²) < 4.78 is 13.4. The van der Waals surface area contributed by atoms with Crippen molar-refractivity contribution in [1.29, 1.82) is 0 Å². The Morgan fingerprint density at radius 2 is 2.29 bits per heavy atom. The first-order valence-electron chi connectivity index (χ1n) is 6.28. The van der Waals surface area contributed by atoms with Crippen molar-refractivity contribution in [2.75, 3.05) is 18.2 Å². The van der Waals surface area contributed by atoms with Crippen molar-refractivity contribution >= 4 is 5.69 Å². The average Bonchev–Trinajstić information content (AvgIpc) is 2.77. The molecule has 1 N–H and O–H groups in total. The lowest BCUT2D eigenvalue weighted by molar-refractivity contribution is 0.0850. The number of anilines is 1. The smallest absolute Gasteiger partial charge is 0.125 e. The Bertz CT molecular complexity index is 404. The second-order valence-electron chi connectivity index (χ2n) is 4.65. The van der Waals surface area contributed by atoms with E-state index in [1.807, 2.05) is 11.1 Å². The van der Waals surface area contributed by atoms with Gasteiger partial charge in [-0.15, -0.1) is 0 Å². The number of aryl methyl sites for hydroxylation is 1. The fourth-order valence-electron chi connectivity index (χ4n) is 2.57. The third-order valence-electron chi connectivity index (χ3n) is 3.42. The molecule has 0 bridgehead atoms. The monoisotopic (exact) mass is 236 g/mol. The minimum absolute atomic E-state index is 0.189. The van der Waals surface area contributed by atoms with E-state index in [0.717, 1.165) is 37.9 Å². The van der Waals surface area contributed by atoms with Gasteiger partial charge in [0.2, 0.25) is 0 Å². The van der Waals surface area contributed by atoms with E-state index in [2.05, 4.69) is 5.32 Å². The number of hydrogen-bond acceptors (Lipinski definition) is 3. The van der Waals surface area contributed by atoms with Crippen molar-refractivity contribution in [3.05, 3.63) is 29.6 Å². The molecule has 0 aliphatic carbocycles. The summed E-state index contributed by atoms with van der Waals surface area (Å²) in [5.41, 5.74) is 2.07. The van der Waals surface area contributed by atoms with Crippen LogP contribution in [0.2, 0.25) is 0 Å². The maximum Gasteiger partial charge on any atom is 0.125 e. The second-order valence-corrected chi connectivity index (χ2v) is 4.65. The minimum Gasteiger partial charge on any atom is -0.295 e. The summed E-state index contributed by atoms with van der Waals surface area (Å²) in [5.74, 6) is -0.197. The molecular formula is C13H17FN2O. The maximum atomic E-state index is 13.4. The van der Waals surface area contributed by atoms with Crippen LogP contribution in [0.3, 0.4) is 0 Å². The van der Waals surface area contributed by atoms with E-state index in [-0.39, 0.29) is 12.0 Å². The molecule has 0 aromatic heterocycles. The second kappa shape index (κ2) is 4.63. The molecule has 2 heterocycles. The highest BCUT2D eigenvalue weighted by Crippen LogP contribution is 2.29. The number of hydroxylamine groups is 1. The van der Waals surface area contributed by atoms with E-state index in [1.165, 1.54) is 11.6 Å². The number of nitrogens with zero attached hydrogens (tertiary/aromatic N) is 1. The summed E-state index contributed by atoms with van der Waals surface area (Å²) in [7, 11) is 0. The van der Waals surface area contributed by atoms with E-state index in [0.29, 0.717) is 6.61 Å². The number of fused-ring (bicyclic) bond motifs is 1. The number of rotatable bonds is 1. The summed E-state index contributed by atoms with van der Waals surface area (Å²) in [6.45, 7) is 1.71. The Balaban J connectivity index is 1.96. The molecule has 1 aromatic carbocycles. The summed E-state index contributed by atoms with van der Waals surface area (Å²) in [4.78, 5) is 5.77. The molecule has 0 unspecified atom stereocenters. The van der Waals surface area contributed by atoms with Gasteiger partial charge in [0.15, 0.2) is 0 Å². The van der Waals surface area contributed by atoms with Crippen LogP contribution in [0.5, 0.6) is 0 Å². The van der Waals surface area contributed by atoms with Crippen LogP contribution >= 0.6 is 0 Å². The van der Waals surface area contributed by atoms with E-state index in [4.69, 9.17) is 4.84 Å². The van der Waals surface area contributed by atoms with Gasteiger partial charge in [-0.2, -0.15) is 0 Å². The van der Waals surface area contributed by atoms with Gasteiger partial charge in [0.1, 0.15) is 12.0 Å². The van der Waals surface area contributed by atoms with Crippen molar-refractivity contribution in [2.45, 2.75) is 31.8 Å². The Kier molecular flexibility index (Phi) is 2.99. The highest BCUT2D eigenvalue weighted by Gasteiger charge is 2.26. The third-order valence-corrected chi connectivity index (χ3v) is 3.42. The Labute approximate surface area is 101 Å². The summed E-state index contributed by atoms with van der Waals surface area (Å²) in [6, 6.07) is 4.99. The lowest BCUT2D eigenvalue weighted by Gasteiger charge is -2.29. The van der Waals surface area contributed by atoms with Gasteiger partial charge in [0, 0.05) is 0 Å². The SMILES string of the molecule is Fc1ccc2c(c1)N([C@H]1CCCN1)OCCC2. The first-order chi connectivity index (χ1) is 8.34. The van der Waals surface area contributed by atoms with Crippen molar-refractivity contribution in [3.8, 4) is 0 Å². The van der Waals surface area contributed by atoms with E-state index >= 15 is 0 Å². The number of nitrogens with one attached hydrogen (secondary N) is 1. The van der Waals surface area contributed by atoms with E-state index < -0.39 is 0 Å². The predicted octanol–water partition coefficient (Wildman–Crippen LogP) is 2.22. The molecule has 0 saturated carbocycles. The van der Waals surface area contributed by atoms with E-state index in [1.54, 1.807) is 6.07 Å². The Morgan fingerprint density at radius 3 is 3.12 bits per heavy atom. The first kappa shape index (κ1) is 11.0. The van der Waals surface area contributed by atoms with Crippen molar-refractivity contribution < 1.29 is 9.23 Å². The predicted molar refractivity (Wildman–Crippen MR) is 64.2 cm³/mol. The number of hydrogen-bond donors (Lipinski definition) is 1. The molecule has 0 radical (unpaired) electrons. The van der Waals surface area contributed by atoms with Gasteiger partial charge >= 0.3 is 0 Å². The lowest BCUT2D eigenvalue weighted by Crippen LogP contribution is -2.42. The molecule has 1 aromatic rings. The molecule has 1 atom stereocenters. The van der Waals surface area contributed by atoms with Crippen molar-refractivity contribution in [1.82, 2.24) is 5.32 Å². The fraction of sp³-hybridized carbons (Fsp3) is 0.538. The Hall–Kier alpha value is -1.13.